The molecule has 0 fully saturated rings. The van der Waals surface area contributed by atoms with E-state index in [0.29, 0.717) is 30.1 Å². The highest BCUT2D eigenvalue weighted by atomic mass is 32.2. The van der Waals surface area contributed by atoms with Crippen molar-refractivity contribution in [3.63, 3.8) is 0 Å². The minimum atomic E-state index is -3.78. The third-order valence-electron chi connectivity index (χ3n) is 4.05. The Kier molecular flexibility index (Phi) is 6.80. The van der Waals surface area contributed by atoms with Crippen molar-refractivity contribution in [3.8, 4) is 0 Å². The van der Waals surface area contributed by atoms with Crippen molar-refractivity contribution in [2.75, 3.05) is 32.5 Å². The zero-order valence-electron chi connectivity index (χ0n) is 16.4. The fraction of sp³-hybridized carbons (Fsp3) is 0.421. The van der Waals surface area contributed by atoms with Gasteiger partial charge in [-0.1, -0.05) is 6.07 Å². The molecule has 0 atom stereocenters. The van der Waals surface area contributed by atoms with E-state index in [-0.39, 0.29) is 17.3 Å². The first-order valence-electron chi connectivity index (χ1n) is 8.68. The second-order valence-electron chi connectivity index (χ2n) is 6.82. The third-order valence-corrected chi connectivity index (χ3v) is 6.04. The number of hydrogen-bond acceptors (Lipinski definition) is 5. The van der Waals surface area contributed by atoms with Gasteiger partial charge < -0.3 is 14.6 Å². The largest absolute Gasteiger partial charge is 0.465 e. The van der Waals surface area contributed by atoms with Gasteiger partial charge in [0.2, 0.25) is 15.9 Å². The van der Waals surface area contributed by atoms with Gasteiger partial charge in [0.15, 0.2) is 0 Å². The molecule has 2 aromatic rings. The average Bonchev–Trinajstić information content (AvgIpc) is 2.97. The van der Waals surface area contributed by atoms with Crippen LogP contribution in [0, 0.1) is 13.8 Å². The third kappa shape index (κ3) is 5.66. The molecule has 0 aliphatic carbocycles. The van der Waals surface area contributed by atoms with Crippen LogP contribution < -0.4 is 5.32 Å². The van der Waals surface area contributed by atoms with Gasteiger partial charge in [-0.05, 0) is 57.8 Å². The van der Waals surface area contributed by atoms with Crippen molar-refractivity contribution in [2.24, 2.45) is 0 Å². The Morgan fingerprint density at radius 2 is 1.81 bits per heavy atom. The summed E-state index contributed by atoms with van der Waals surface area (Å²) in [6.07, 6.45) is 0. The van der Waals surface area contributed by atoms with E-state index in [1.54, 1.807) is 25.1 Å². The van der Waals surface area contributed by atoms with E-state index in [1.807, 2.05) is 32.0 Å². The van der Waals surface area contributed by atoms with Gasteiger partial charge in [0.25, 0.3) is 0 Å². The summed E-state index contributed by atoms with van der Waals surface area (Å²) in [4.78, 5) is 13.4. The van der Waals surface area contributed by atoms with Crippen LogP contribution in [0.4, 0.5) is 5.69 Å². The maximum absolute atomic E-state index is 13.4. The summed E-state index contributed by atoms with van der Waals surface area (Å²) in [6.45, 7) is 5.99. The van der Waals surface area contributed by atoms with E-state index >= 15 is 0 Å². The lowest BCUT2D eigenvalue weighted by Crippen LogP contribution is -2.36. The Labute approximate surface area is 161 Å². The molecule has 0 aliphatic rings. The predicted octanol–water partition coefficient (Wildman–Crippen LogP) is 2.61. The molecular weight excluding hydrogens is 366 g/mol. The summed E-state index contributed by atoms with van der Waals surface area (Å²) in [5.74, 6) is 1.07. The van der Waals surface area contributed by atoms with Crippen molar-refractivity contribution < 1.29 is 17.6 Å². The topological polar surface area (TPSA) is 82.9 Å². The maximum Gasteiger partial charge on any atom is 0.243 e. The van der Waals surface area contributed by atoms with Crippen molar-refractivity contribution in [3.05, 3.63) is 47.4 Å². The van der Waals surface area contributed by atoms with E-state index in [9.17, 15) is 13.2 Å². The van der Waals surface area contributed by atoms with E-state index < -0.39 is 10.0 Å². The zero-order valence-corrected chi connectivity index (χ0v) is 17.3. The lowest BCUT2D eigenvalue weighted by Gasteiger charge is -2.24. The van der Waals surface area contributed by atoms with Crippen LogP contribution in [0.2, 0.25) is 0 Å². The summed E-state index contributed by atoms with van der Waals surface area (Å²) in [7, 11) is 0.00742. The number of carbonyl (C=O) groups excluding carboxylic acids is 1. The Morgan fingerprint density at radius 3 is 2.37 bits per heavy atom. The van der Waals surface area contributed by atoms with Crippen molar-refractivity contribution >= 4 is 21.6 Å². The summed E-state index contributed by atoms with van der Waals surface area (Å²) in [5.41, 5.74) is 1.07. The van der Waals surface area contributed by atoms with Gasteiger partial charge in [-0.15, -0.1) is 0 Å². The van der Waals surface area contributed by atoms with Crippen LogP contribution in [-0.2, 0) is 21.4 Å². The van der Waals surface area contributed by atoms with E-state index in [4.69, 9.17) is 4.42 Å². The first-order chi connectivity index (χ1) is 12.6. The molecule has 1 aromatic carbocycles. The number of hydrogen-bond donors (Lipinski definition) is 1. The first kappa shape index (κ1) is 21.1. The van der Waals surface area contributed by atoms with E-state index in [0.717, 1.165) is 5.76 Å². The molecule has 1 amide bonds. The molecule has 1 N–H and O–H groups in total. The number of amides is 1. The molecule has 0 saturated heterocycles. The summed E-state index contributed by atoms with van der Waals surface area (Å²) in [5, 5.41) is 2.64. The molecular formula is C19H27N3O4S. The molecule has 0 aliphatic heterocycles. The molecule has 1 heterocycles. The molecule has 2 rings (SSSR count). The quantitative estimate of drug-likeness (QED) is 0.745. The standard InChI is InChI=1S/C19H27N3O4S/c1-14-6-8-17(20-16(3)23)12-19(14)27(24,25)22(11-10-21(4)5)13-18-9-7-15(2)26-18/h6-9,12H,10-11,13H2,1-5H3,(H,20,23). The number of sulfonamides is 1. The highest BCUT2D eigenvalue weighted by Crippen LogP contribution is 2.25. The fourth-order valence-corrected chi connectivity index (χ4v) is 4.29. The van der Waals surface area contributed by atoms with Gasteiger partial charge in [-0.3, -0.25) is 4.79 Å². The lowest BCUT2D eigenvalue weighted by molar-refractivity contribution is -0.114. The van der Waals surface area contributed by atoms with Crippen LogP contribution in [0.1, 0.15) is 24.0 Å². The second kappa shape index (κ2) is 8.69. The number of furan rings is 1. The lowest BCUT2D eigenvalue weighted by atomic mass is 10.2. The van der Waals surface area contributed by atoms with Crippen LogP contribution >= 0.6 is 0 Å². The molecule has 7 nitrogen and oxygen atoms in total. The number of likely N-dealkylation sites (N-methyl/N-ethyl adjacent to an activating group) is 1. The summed E-state index contributed by atoms with van der Waals surface area (Å²) >= 11 is 0. The minimum absolute atomic E-state index is 0.147. The van der Waals surface area contributed by atoms with Crippen molar-refractivity contribution in [2.45, 2.75) is 32.2 Å². The maximum atomic E-state index is 13.4. The van der Waals surface area contributed by atoms with Gasteiger partial charge in [0.1, 0.15) is 11.5 Å². The molecule has 0 radical (unpaired) electrons. The van der Waals surface area contributed by atoms with Crippen LogP contribution in [0.5, 0.6) is 0 Å². The average molecular weight is 394 g/mol. The minimum Gasteiger partial charge on any atom is -0.465 e. The second-order valence-corrected chi connectivity index (χ2v) is 8.72. The Bertz CT molecular complexity index is 903. The van der Waals surface area contributed by atoms with Crippen LogP contribution in [0.3, 0.4) is 0 Å². The Hall–Kier alpha value is -2.16. The summed E-state index contributed by atoms with van der Waals surface area (Å²) in [6, 6.07) is 8.49. The number of carbonyl (C=O) groups is 1. The highest BCUT2D eigenvalue weighted by Gasteiger charge is 2.27. The van der Waals surface area contributed by atoms with Gasteiger partial charge in [0.05, 0.1) is 11.4 Å². The fourth-order valence-electron chi connectivity index (χ4n) is 2.64. The first-order valence-corrected chi connectivity index (χ1v) is 10.1. The van der Waals surface area contributed by atoms with Crippen LogP contribution in [-0.4, -0.2) is 50.7 Å². The van der Waals surface area contributed by atoms with E-state index in [1.165, 1.54) is 17.3 Å². The van der Waals surface area contributed by atoms with Crippen LogP contribution in [0.15, 0.2) is 39.6 Å². The van der Waals surface area contributed by atoms with Crippen LogP contribution in [0.25, 0.3) is 0 Å². The van der Waals surface area contributed by atoms with E-state index in [2.05, 4.69) is 5.32 Å². The number of nitrogens with zero attached hydrogens (tertiary/aromatic N) is 2. The number of anilines is 1. The Morgan fingerprint density at radius 1 is 1.11 bits per heavy atom. The molecule has 1 aromatic heterocycles. The highest BCUT2D eigenvalue weighted by molar-refractivity contribution is 7.89. The van der Waals surface area contributed by atoms with Gasteiger partial charge >= 0.3 is 0 Å². The monoisotopic (exact) mass is 393 g/mol. The Balaban J connectivity index is 2.40. The smallest absolute Gasteiger partial charge is 0.243 e. The molecule has 0 spiro atoms. The number of nitrogens with one attached hydrogen (secondary N) is 1. The predicted molar refractivity (Wildman–Crippen MR) is 105 cm³/mol. The molecule has 0 unspecified atom stereocenters. The number of aryl methyl sites for hydroxylation is 2. The van der Waals surface area contributed by atoms with Gasteiger partial charge in [-0.25, -0.2) is 8.42 Å². The number of rotatable bonds is 8. The molecule has 27 heavy (non-hydrogen) atoms. The van der Waals surface area contributed by atoms with Crippen molar-refractivity contribution in [1.29, 1.82) is 0 Å². The van der Waals surface area contributed by atoms with Crippen molar-refractivity contribution in [1.82, 2.24) is 9.21 Å². The normalized spacial score (nSPS) is 12.0. The zero-order chi connectivity index (χ0) is 20.2. The van der Waals surface area contributed by atoms with Gasteiger partial charge in [-0.2, -0.15) is 4.31 Å². The molecule has 8 heteroatoms. The SMILES string of the molecule is CC(=O)Nc1ccc(C)c(S(=O)(=O)N(CCN(C)C)Cc2ccc(C)o2)c1. The molecule has 148 valence electrons. The molecule has 0 bridgehead atoms. The summed E-state index contributed by atoms with van der Waals surface area (Å²) < 4.78 is 33.7. The van der Waals surface area contributed by atoms with Gasteiger partial charge in [0, 0.05) is 25.7 Å². The number of benzene rings is 1. The molecule has 0 saturated carbocycles.